The average molecular weight is 328 g/mol. The Bertz CT molecular complexity index is 625. The van der Waals surface area contributed by atoms with Crippen molar-refractivity contribution in [3.05, 3.63) is 45.5 Å². The molecule has 8 heteroatoms. The highest BCUT2D eigenvalue weighted by molar-refractivity contribution is 5.67. The summed E-state index contributed by atoms with van der Waals surface area (Å²) in [5, 5.41) is 13.3. The van der Waals surface area contributed by atoms with Gasteiger partial charge in [-0.3, -0.25) is 10.1 Å². The van der Waals surface area contributed by atoms with Crippen LogP contribution in [0.25, 0.3) is 6.08 Å². The molecule has 6 nitrogen and oxygen atoms in total. The maximum atomic E-state index is 13.2. The van der Waals surface area contributed by atoms with Crippen LogP contribution in [0.15, 0.2) is 18.2 Å². The predicted octanol–water partition coefficient (Wildman–Crippen LogP) is 3.80. The molecule has 0 saturated carbocycles. The summed E-state index contributed by atoms with van der Waals surface area (Å²) in [5.74, 6) is -2.44. The number of hydrogen-bond acceptors (Lipinski definition) is 4. The van der Waals surface area contributed by atoms with Crippen LogP contribution < -0.4 is 5.32 Å². The van der Waals surface area contributed by atoms with Gasteiger partial charge in [-0.05, 0) is 33.3 Å². The van der Waals surface area contributed by atoms with Gasteiger partial charge in [0.1, 0.15) is 5.60 Å². The van der Waals surface area contributed by atoms with Gasteiger partial charge in [-0.1, -0.05) is 12.2 Å². The van der Waals surface area contributed by atoms with Crippen molar-refractivity contribution in [2.75, 3.05) is 6.54 Å². The molecule has 0 radical (unpaired) electrons. The Morgan fingerprint density at radius 3 is 2.52 bits per heavy atom. The van der Waals surface area contributed by atoms with Crippen molar-refractivity contribution < 1.29 is 23.2 Å². The van der Waals surface area contributed by atoms with Gasteiger partial charge < -0.3 is 10.1 Å². The third-order valence-corrected chi connectivity index (χ3v) is 2.54. The number of carbonyl (C=O) groups excluding carboxylic acids is 1. The molecule has 0 heterocycles. The third-order valence-electron chi connectivity index (χ3n) is 2.54. The van der Waals surface area contributed by atoms with Gasteiger partial charge >= 0.3 is 6.09 Å². The zero-order chi connectivity index (χ0) is 17.6. The average Bonchev–Trinajstić information content (AvgIpc) is 2.39. The molecule has 0 aliphatic rings. The summed E-state index contributed by atoms with van der Waals surface area (Å²) >= 11 is 0. The zero-order valence-corrected chi connectivity index (χ0v) is 13.1. The van der Waals surface area contributed by atoms with E-state index in [1.165, 1.54) is 12.2 Å². The molecule has 0 fully saturated rings. The number of ether oxygens (including phenoxy) is 1. The number of nitro benzene ring substituents is 1. The Morgan fingerprint density at radius 2 is 1.96 bits per heavy atom. The summed E-state index contributed by atoms with van der Waals surface area (Å²) in [4.78, 5) is 21.4. The molecule has 126 valence electrons. The molecule has 0 aliphatic carbocycles. The largest absolute Gasteiger partial charge is 0.444 e. The lowest BCUT2D eigenvalue weighted by atomic mass is 10.1. The van der Waals surface area contributed by atoms with Crippen LogP contribution in [-0.2, 0) is 4.74 Å². The van der Waals surface area contributed by atoms with E-state index in [1.54, 1.807) is 20.8 Å². The highest BCUT2D eigenvalue weighted by Crippen LogP contribution is 2.23. The number of hydrogen-bond donors (Lipinski definition) is 1. The van der Waals surface area contributed by atoms with Crippen molar-refractivity contribution >= 4 is 17.9 Å². The van der Waals surface area contributed by atoms with Crippen molar-refractivity contribution in [3.63, 3.8) is 0 Å². The summed E-state index contributed by atoms with van der Waals surface area (Å²) < 4.78 is 31.2. The Balaban J connectivity index is 2.60. The molecule has 0 saturated heterocycles. The van der Waals surface area contributed by atoms with Crippen LogP contribution in [0.3, 0.4) is 0 Å². The van der Waals surface area contributed by atoms with Gasteiger partial charge in [0, 0.05) is 6.54 Å². The van der Waals surface area contributed by atoms with E-state index < -0.39 is 33.9 Å². The van der Waals surface area contributed by atoms with Crippen LogP contribution in [0.2, 0.25) is 0 Å². The van der Waals surface area contributed by atoms with Gasteiger partial charge in [0.2, 0.25) is 0 Å². The predicted molar refractivity (Wildman–Crippen MR) is 80.9 cm³/mol. The van der Waals surface area contributed by atoms with Gasteiger partial charge in [-0.2, -0.15) is 0 Å². The van der Waals surface area contributed by atoms with Crippen molar-refractivity contribution in [1.82, 2.24) is 5.32 Å². The molecule has 1 N–H and O–H groups in total. The number of nitro groups is 1. The van der Waals surface area contributed by atoms with Crippen LogP contribution in [0.4, 0.5) is 19.3 Å². The van der Waals surface area contributed by atoms with E-state index in [2.05, 4.69) is 5.32 Å². The normalized spacial score (nSPS) is 11.5. The molecule has 0 atom stereocenters. The molecule has 0 aromatic heterocycles. The SMILES string of the molecule is CC(C)(C)OC(=O)NCCC=Cc1cc(F)c(F)cc1[N+](=O)[O-]. The van der Waals surface area contributed by atoms with Crippen LogP contribution >= 0.6 is 0 Å². The topological polar surface area (TPSA) is 81.5 Å². The number of benzene rings is 1. The van der Waals surface area contributed by atoms with Crippen molar-refractivity contribution in [2.45, 2.75) is 32.8 Å². The molecule has 0 aliphatic heterocycles. The number of nitrogens with one attached hydrogen (secondary N) is 1. The molecule has 23 heavy (non-hydrogen) atoms. The lowest BCUT2D eigenvalue weighted by Gasteiger charge is -2.19. The van der Waals surface area contributed by atoms with Crippen molar-refractivity contribution in [1.29, 1.82) is 0 Å². The maximum Gasteiger partial charge on any atom is 0.407 e. The van der Waals surface area contributed by atoms with E-state index in [0.717, 1.165) is 6.07 Å². The smallest absolute Gasteiger partial charge is 0.407 e. The minimum atomic E-state index is -1.28. The zero-order valence-electron chi connectivity index (χ0n) is 13.1. The lowest BCUT2D eigenvalue weighted by Crippen LogP contribution is -2.32. The minimum Gasteiger partial charge on any atom is -0.444 e. The number of halogens is 2. The Kier molecular flexibility index (Phi) is 6.18. The summed E-state index contributed by atoms with van der Waals surface area (Å²) in [6.07, 6.45) is 2.58. The second-order valence-electron chi connectivity index (χ2n) is 5.70. The standard InChI is InChI=1S/C15H18F2N2O4/c1-15(2,3)23-14(20)18-7-5-4-6-10-8-11(16)12(17)9-13(10)19(21)22/h4,6,8-9H,5,7H2,1-3H3,(H,18,20). The van der Waals surface area contributed by atoms with E-state index >= 15 is 0 Å². The fraction of sp³-hybridized carbons (Fsp3) is 0.400. The van der Waals surface area contributed by atoms with Crippen LogP contribution in [0.1, 0.15) is 32.8 Å². The first-order valence-electron chi connectivity index (χ1n) is 6.87. The fourth-order valence-electron chi connectivity index (χ4n) is 1.63. The van der Waals surface area contributed by atoms with Crippen LogP contribution in [0.5, 0.6) is 0 Å². The third kappa shape index (κ3) is 6.41. The lowest BCUT2D eigenvalue weighted by molar-refractivity contribution is -0.385. The Labute approximate surface area is 132 Å². The Morgan fingerprint density at radius 1 is 1.35 bits per heavy atom. The summed E-state index contributed by atoms with van der Waals surface area (Å²) in [6.45, 7) is 5.43. The first-order valence-corrected chi connectivity index (χ1v) is 6.87. The van der Waals surface area contributed by atoms with Crippen LogP contribution in [-0.4, -0.2) is 23.2 Å². The molecule has 1 aromatic carbocycles. The second-order valence-corrected chi connectivity index (χ2v) is 5.70. The van der Waals surface area contributed by atoms with E-state index in [4.69, 9.17) is 4.74 Å². The number of amides is 1. The molecule has 1 aromatic rings. The van der Waals surface area contributed by atoms with E-state index in [-0.39, 0.29) is 12.1 Å². The van der Waals surface area contributed by atoms with Crippen molar-refractivity contribution in [3.8, 4) is 0 Å². The first-order chi connectivity index (χ1) is 10.6. The fourth-order valence-corrected chi connectivity index (χ4v) is 1.63. The maximum absolute atomic E-state index is 13.2. The highest BCUT2D eigenvalue weighted by atomic mass is 19.2. The monoisotopic (exact) mass is 328 g/mol. The quantitative estimate of drug-likeness (QED) is 0.506. The highest BCUT2D eigenvalue weighted by Gasteiger charge is 2.17. The second kappa shape index (κ2) is 7.66. The van der Waals surface area contributed by atoms with Gasteiger partial charge in [0.05, 0.1) is 16.6 Å². The molecule has 0 bridgehead atoms. The number of carbonyl (C=O) groups is 1. The van der Waals surface area contributed by atoms with E-state index in [9.17, 15) is 23.7 Å². The molecular formula is C15H18F2N2O4. The van der Waals surface area contributed by atoms with Gasteiger partial charge in [-0.25, -0.2) is 13.6 Å². The van der Waals surface area contributed by atoms with E-state index in [0.29, 0.717) is 12.5 Å². The summed E-state index contributed by atoms with van der Waals surface area (Å²) in [7, 11) is 0. The molecular weight excluding hydrogens is 310 g/mol. The molecule has 1 amide bonds. The number of alkyl carbamates (subject to hydrolysis) is 1. The van der Waals surface area contributed by atoms with Gasteiger partial charge in [-0.15, -0.1) is 0 Å². The minimum absolute atomic E-state index is 0.0498. The molecule has 1 rings (SSSR count). The van der Waals surface area contributed by atoms with Crippen molar-refractivity contribution in [2.24, 2.45) is 0 Å². The van der Waals surface area contributed by atoms with Gasteiger partial charge in [0.15, 0.2) is 11.6 Å². The Hall–Kier alpha value is -2.51. The van der Waals surface area contributed by atoms with Gasteiger partial charge in [0.25, 0.3) is 5.69 Å². The molecule has 0 spiro atoms. The molecule has 0 unspecified atom stereocenters. The number of rotatable bonds is 5. The summed E-state index contributed by atoms with van der Waals surface area (Å²) in [5.41, 5.74) is -1.18. The van der Waals surface area contributed by atoms with E-state index in [1.807, 2.05) is 0 Å². The van der Waals surface area contributed by atoms with Crippen LogP contribution in [0, 0.1) is 21.7 Å². The first kappa shape index (κ1) is 18.5. The summed E-state index contributed by atoms with van der Waals surface area (Å²) in [6, 6.07) is 1.29. The number of nitrogens with zero attached hydrogens (tertiary/aromatic N) is 1.